The summed E-state index contributed by atoms with van der Waals surface area (Å²) in [6.07, 6.45) is 1.75. The standard InChI is InChI=1S/C10H14N2O3/c1-10(9(14)15)3-2-7-6(4-10)8(5-13)12-11-7/h13H,2-5H2,1H3,(H,11,12)(H,14,15). The van der Waals surface area contributed by atoms with Gasteiger partial charge in [0, 0.05) is 5.69 Å². The third-order valence-electron chi connectivity index (χ3n) is 3.20. The van der Waals surface area contributed by atoms with Crippen molar-refractivity contribution >= 4 is 5.97 Å². The van der Waals surface area contributed by atoms with Gasteiger partial charge in [-0.25, -0.2) is 0 Å². The van der Waals surface area contributed by atoms with Gasteiger partial charge in [0.25, 0.3) is 0 Å². The predicted octanol–water partition coefficient (Wildman–Crippen LogP) is 0.482. The molecule has 5 heteroatoms. The van der Waals surface area contributed by atoms with Crippen LogP contribution in [0, 0.1) is 5.41 Å². The number of aromatic nitrogens is 2. The number of nitrogens with one attached hydrogen (secondary N) is 1. The molecule has 1 unspecified atom stereocenters. The Morgan fingerprint density at radius 3 is 3.00 bits per heavy atom. The summed E-state index contributed by atoms with van der Waals surface area (Å²) in [5.74, 6) is -0.779. The Morgan fingerprint density at radius 2 is 2.40 bits per heavy atom. The van der Waals surface area contributed by atoms with Crippen LogP contribution >= 0.6 is 0 Å². The number of nitrogens with zero attached hydrogens (tertiary/aromatic N) is 1. The van der Waals surface area contributed by atoms with E-state index in [4.69, 9.17) is 10.2 Å². The summed E-state index contributed by atoms with van der Waals surface area (Å²) in [7, 11) is 0. The van der Waals surface area contributed by atoms with Crippen molar-refractivity contribution in [1.29, 1.82) is 0 Å². The van der Waals surface area contributed by atoms with Gasteiger partial charge in [-0.15, -0.1) is 0 Å². The number of aliphatic hydroxyl groups is 1. The molecule has 0 fully saturated rings. The number of aromatic amines is 1. The molecule has 0 bridgehead atoms. The summed E-state index contributed by atoms with van der Waals surface area (Å²) in [4.78, 5) is 11.1. The van der Waals surface area contributed by atoms with Crippen LogP contribution in [-0.2, 0) is 24.2 Å². The van der Waals surface area contributed by atoms with E-state index in [-0.39, 0.29) is 6.61 Å². The molecule has 1 heterocycles. The van der Waals surface area contributed by atoms with E-state index in [2.05, 4.69) is 10.2 Å². The number of aliphatic hydroxyl groups excluding tert-OH is 1. The SMILES string of the molecule is CC1(C(=O)O)CCc2[nH]nc(CO)c2C1. The smallest absolute Gasteiger partial charge is 0.309 e. The molecule has 3 N–H and O–H groups in total. The van der Waals surface area contributed by atoms with E-state index >= 15 is 0 Å². The van der Waals surface area contributed by atoms with Gasteiger partial charge in [-0.05, 0) is 31.7 Å². The quantitative estimate of drug-likeness (QED) is 0.662. The maximum absolute atomic E-state index is 11.1. The molecule has 15 heavy (non-hydrogen) atoms. The van der Waals surface area contributed by atoms with Gasteiger partial charge in [0.1, 0.15) is 0 Å². The van der Waals surface area contributed by atoms with E-state index in [0.29, 0.717) is 25.0 Å². The lowest BCUT2D eigenvalue weighted by atomic mass is 9.74. The average molecular weight is 210 g/mol. The number of carbonyl (C=O) groups is 1. The van der Waals surface area contributed by atoms with Crippen LogP contribution < -0.4 is 0 Å². The summed E-state index contributed by atoms with van der Waals surface area (Å²) >= 11 is 0. The lowest BCUT2D eigenvalue weighted by Crippen LogP contribution is -2.34. The van der Waals surface area contributed by atoms with E-state index in [0.717, 1.165) is 11.3 Å². The highest BCUT2D eigenvalue weighted by molar-refractivity contribution is 5.75. The normalized spacial score (nSPS) is 24.9. The summed E-state index contributed by atoms with van der Waals surface area (Å²) in [5, 5.41) is 25.0. The molecule has 82 valence electrons. The van der Waals surface area contributed by atoms with E-state index in [9.17, 15) is 4.79 Å². The summed E-state index contributed by atoms with van der Waals surface area (Å²) < 4.78 is 0. The zero-order chi connectivity index (χ0) is 11.1. The largest absolute Gasteiger partial charge is 0.481 e. The first-order valence-electron chi connectivity index (χ1n) is 4.96. The van der Waals surface area contributed by atoms with Crippen molar-refractivity contribution in [3.8, 4) is 0 Å². The van der Waals surface area contributed by atoms with Crippen LogP contribution in [0.2, 0.25) is 0 Å². The number of aryl methyl sites for hydroxylation is 1. The van der Waals surface area contributed by atoms with Crippen molar-refractivity contribution in [2.75, 3.05) is 0 Å². The van der Waals surface area contributed by atoms with E-state index < -0.39 is 11.4 Å². The Bertz CT molecular complexity index is 386. The summed E-state index contributed by atoms with van der Waals surface area (Å²) in [5.41, 5.74) is 1.71. The molecule has 1 atom stereocenters. The number of hydrogen-bond donors (Lipinski definition) is 3. The van der Waals surface area contributed by atoms with Crippen molar-refractivity contribution in [1.82, 2.24) is 10.2 Å². The Hall–Kier alpha value is -1.36. The number of fused-ring (bicyclic) bond motifs is 1. The van der Waals surface area contributed by atoms with E-state index in [1.165, 1.54) is 0 Å². The minimum absolute atomic E-state index is 0.137. The Balaban J connectivity index is 2.36. The molecule has 0 spiro atoms. The molecule has 5 nitrogen and oxygen atoms in total. The average Bonchev–Trinajstić information content (AvgIpc) is 2.59. The van der Waals surface area contributed by atoms with Gasteiger partial charge in [-0.3, -0.25) is 9.89 Å². The Morgan fingerprint density at radius 1 is 1.67 bits per heavy atom. The summed E-state index contributed by atoms with van der Waals surface area (Å²) in [6.45, 7) is 1.61. The molecular formula is C10H14N2O3. The Kier molecular flexibility index (Phi) is 2.26. The second-order valence-corrected chi connectivity index (χ2v) is 4.33. The molecule has 0 aliphatic heterocycles. The molecule has 0 amide bonds. The third kappa shape index (κ3) is 1.52. The molecule has 1 aromatic heterocycles. The number of hydrogen-bond acceptors (Lipinski definition) is 3. The van der Waals surface area contributed by atoms with Gasteiger partial charge in [-0.2, -0.15) is 5.10 Å². The van der Waals surface area contributed by atoms with Crippen molar-refractivity contribution < 1.29 is 15.0 Å². The highest BCUT2D eigenvalue weighted by Crippen LogP contribution is 2.35. The van der Waals surface area contributed by atoms with Gasteiger partial charge >= 0.3 is 5.97 Å². The van der Waals surface area contributed by atoms with Gasteiger partial charge in [-0.1, -0.05) is 0 Å². The predicted molar refractivity (Wildman–Crippen MR) is 52.3 cm³/mol. The first-order chi connectivity index (χ1) is 7.07. The Labute approximate surface area is 87.1 Å². The number of rotatable bonds is 2. The van der Waals surface area contributed by atoms with Crippen LogP contribution in [0.25, 0.3) is 0 Å². The van der Waals surface area contributed by atoms with Crippen LogP contribution in [0.1, 0.15) is 30.3 Å². The zero-order valence-electron chi connectivity index (χ0n) is 8.58. The van der Waals surface area contributed by atoms with Crippen molar-refractivity contribution in [3.05, 3.63) is 17.0 Å². The van der Waals surface area contributed by atoms with Crippen LogP contribution in [-0.4, -0.2) is 26.4 Å². The monoisotopic (exact) mass is 210 g/mol. The highest BCUT2D eigenvalue weighted by atomic mass is 16.4. The van der Waals surface area contributed by atoms with E-state index in [1.54, 1.807) is 6.92 Å². The fraction of sp³-hybridized carbons (Fsp3) is 0.600. The van der Waals surface area contributed by atoms with Gasteiger partial charge < -0.3 is 10.2 Å². The lowest BCUT2D eigenvalue weighted by Gasteiger charge is -2.29. The van der Waals surface area contributed by atoms with Gasteiger partial charge in [0.15, 0.2) is 0 Å². The minimum atomic E-state index is -0.779. The molecule has 2 rings (SSSR count). The van der Waals surface area contributed by atoms with Crippen molar-refractivity contribution in [2.24, 2.45) is 5.41 Å². The van der Waals surface area contributed by atoms with Crippen molar-refractivity contribution in [3.63, 3.8) is 0 Å². The number of aliphatic carboxylic acids is 1. The second kappa shape index (κ2) is 3.34. The number of carboxylic acid groups (broad SMARTS) is 1. The fourth-order valence-electron chi connectivity index (χ4n) is 2.05. The van der Waals surface area contributed by atoms with Crippen LogP contribution in [0.15, 0.2) is 0 Å². The van der Waals surface area contributed by atoms with Crippen molar-refractivity contribution in [2.45, 2.75) is 32.8 Å². The number of H-pyrrole nitrogens is 1. The topological polar surface area (TPSA) is 86.2 Å². The first-order valence-corrected chi connectivity index (χ1v) is 4.96. The first kappa shape index (κ1) is 10.2. The third-order valence-corrected chi connectivity index (χ3v) is 3.20. The molecular weight excluding hydrogens is 196 g/mol. The molecule has 1 aliphatic rings. The van der Waals surface area contributed by atoms with Crippen LogP contribution in [0.3, 0.4) is 0 Å². The zero-order valence-corrected chi connectivity index (χ0v) is 8.58. The second-order valence-electron chi connectivity index (χ2n) is 4.33. The number of carboxylic acids is 1. The van der Waals surface area contributed by atoms with E-state index in [1.807, 2.05) is 0 Å². The lowest BCUT2D eigenvalue weighted by molar-refractivity contribution is -0.148. The highest BCUT2D eigenvalue weighted by Gasteiger charge is 2.38. The molecule has 0 saturated heterocycles. The molecule has 1 aromatic rings. The van der Waals surface area contributed by atoms with Gasteiger partial charge in [0.05, 0.1) is 17.7 Å². The van der Waals surface area contributed by atoms with Crippen LogP contribution in [0.4, 0.5) is 0 Å². The molecule has 0 saturated carbocycles. The molecule has 1 aliphatic carbocycles. The fourth-order valence-corrected chi connectivity index (χ4v) is 2.05. The summed E-state index contributed by atoms with van der Waals surface area (Å²) in [6, 6.07) is 0. The molecule has 0 aromatic carbocycles. The van der Waals surface area contributed by atoms with Crippen LogP contribution in [0.5, 0.6) is 0 Å². The maximum atomic E-state index is 11.1. The minimum Gasteiger partial charge on any atom is -0.481 e. The molecule has 0 radical (unpaired) electrons. The van der Waals surface area contributed by atoms with Gasteiger partial charge in [0.2, 0.25) is 0 Å². The maximum Gasteiger partial charge on any atom is 0.309 e.